The average Bonchev–Trinajstić information content (AvgIpc) is 3.28. The molecule has 0 saturated heterocycles. The third-order valence-corrected chi connectivity index (χ3v) is 4.88. The van der Waals surface area contributed by atoms with E-state index in [0.717, 1.165) is 0 Å². The van der Waals surface area contributed by atoms with Crippen molar-refractivity contribution < 1.29 is 13.2 Å². The molecular weight excluding hydrogens is 411 g/mol. The molecule has 9 nitrogen and oxygen atoms in total. The molecule has 13 heteroatoms. The zero-order valence-corrected chi connectivity index (χ0v) is 17.0. The highest BCUT2D eigenvalue weighted by Gasteiger charge is 2.43. The molecule has 1 atom stereocenters. The Labute approximate surface area is 169 Å². The van der Waals surface area contributed by atoms with Gasteiger partial charge in [0.25, 0.3) is 0 Å². The lowest BCUT2D eigenvalue weighted by molar-refractivity contribution is -0.0875. The lowest BCUT2D eigenvalue weighted by atomic mass is 10.1. The predicted octanol–water partition coefficient (Wildman–Crippen LogP) is 1.67. The molecule has 1 aliphatic heterocycles. The number of aliphatic imine (C=N–C) groups is 1. The minimum atomic E-state index is -4.60. The first kappa shape index (κ1) is 21.1. The van der Waals surface area contributed by atoms with E-state index in [4.69, 9.17) is 17.3 Å². The van der Waals surface area contributed by atoms with Crippen molar-refractivity contribution in [3.05, 3.63) is 40.5 Å². The second kappa shape index (κ2) is 7.02. The molecule has 0 amide bonds. The zero-order valence-electron chi connectivity index (χ0n) is 16.2. The van der Waals surface area contributed by atoms with E-state index in [0.29, 0.717) is 18.6 Å². The van der Waals surface area contributed by atoms with Crippen LogP contribution in [0.25, 0.3) is 0 Å². The first-order valence-electron chi connectivity index (χ1n) is 8.70. The van der Waals surface area contributed by atoms with Crippen LogP contribution in [0.3, 0.4) is 0 Å². The van der Waals surface area contributed by atoms with Crippen molar-refractivity contribution in [1.82, 2.24) is 35.2 Å². The molecule has 158 valence electrons. The fraction of sp³-hybridized carbons (Fsp3) is 0.500. The van der Waals surface area contributed by atoms with Gasteiger partial charge in [-0.25, -0.2) is 9.98 Å². The van der Waals surface area contributed by atoms with Crippen LogP contribution in [0.2, 0.25) is 5.15 Å². The second-order valence-electron chi connectivity index (χ2n) is 6.95. The molecule has 0 saturated carbocycles. The van der Waals surface area contributed by atoms with Crippen LogP contribution in [0.4, 0.5) is 13.2 Å². The maximum Gasteiger partial charge on any atom is 0.421 e. The lowest BCUT2D eigenvalue weighted by Gasteiger charge is -2.32. The number of alkyl halides is 3. The van der Waals surface area contributed by atoms with Crippen LogP contribution in [0.1, 0.15) is 32.2 Å². The molecule has 0 aromatic carbocycles. The minimum Gasteiger partial charge on any atom is -0.374 e. The number of nitrogens with one attached hydrogen (secondary N) is 2. The lowest BCUT2D eigenvalue weighted by Crippen LogP contribution is -2.53. The first-order chi connectivity index (χ1) is 13.4. The summed E-state index contributed by atoms with van der Waals surface area (Å²) in [5.41, 5.74) is 4.68. The Bertz CT molecular complexity index is 973. The quantitative estimate of drug-likeness (QED) is 0.664. The van der Waals surface area contributed by atoms with Gasteiger partial charge < -0.3 is 10.6 Å². The van der Waals surface area contributed by atoms with Gasteiger partial charge in [0.1, 0.15) is 23.3 Å². The maximum absolute atomic E-state index is 13.2. The highest BCUT2D eigenvalue weighted by atomic mass is 35.5. The Hall–Kier alpha value is -2.60. The molecule has 0 radical (unpaired) electrons. The molecule has 1 aliphatic rings. The van der Waals surface area contributed by atoms with Gasteiger partial charge in [-0.05, 0) is 20.8 Å². The summed E-state index contributed by atoms with van der Waals surface area (Å²) in [6.45, 7) is 6.24. The highest BCUT2D eigenvalue weighted by Crippen LogP contribution is 2.34. The summed E-state index contributed by atoms with van der Waals surface area (Å²) in [7, 11) is 1.34. The largest absolute Gasteiger partial charge is 0.421 e. The van der Waals surface area contributed by atoms with Crippen LogP contribution in [0.5, 0.6) is 0 Å². The normalized spacial score (nSPS) is 20.2. The molecule has 0 bridgehead atoms. The van der Waals surface area contributed by atoms with E-state index >= 15 is 0 Å². The molecule has 3 rings (SSSR count). The molecule has 2 aromatic heterocycles. The molecule has 2 aromatic rings. The van der Waals surface area contributed by atoms with Crippen molar-refractivity contribution in [3.63, 3.8) is 0 Å². The SMILES string of the molecule is CCn1cnc(C(C)(C)n2cc(C3(N)N=CC(C(F)(F)F)=C(NC)N3)c(Cl)n2)n1. The first-order valence-corrected chi connectivity index (χ1v) is 9.07. The summed E-state index contributed by atoms with van der Waals surface area (Å²) in [5.74, 6) is -1.57. The average molecular weight is 432 g/mol. The smallest absolute Gasteiger partial charge is 0.374 e. The number of hydrogen-bond donors (Lipinski definition) is 3. The Kier molecular flexibility index (Phi) is 5.11. The van der Waals surface area contributed by atoms with Crippen LogP contribution in [-0.4, -0.2) is 44.0 Å². The summed E-state index contributed by atoms with van der Waals surface area (Å²) in [6, 6.07) is 0. The summed E-state index contributed by atoms with van der Waals surface area (Å²) < 4.78 is 42.7. The van der Waals surface area contributed by atoms with Crippen molar-refractivity contribution in [2.75, 3.05) is 7.05 Å². The van der Waals surface area contributed by atoms with E-state index in [-0.39, 0.29) is 16.5 Å². The Morgan fingerprint density at radius 3 is 2.55 bits per heavy atom. The molecule has 0 fully saturated rings. The van der Waals surface area contributed by atoms with E-state index in [1.54, 1.807) is 11.0 Å². The molecule has 0 aliphatic carbocycles. The van der Waals surface area contributed by atoms with Crippen LogP contribution in [0.15, 0.2) is 28.9 Å². The molecule has 3 heterocycles. The van der Waals surface area contributed by atoms with Crippen molar-refractivity contribution in [3.8, 4) is 0 Å². The zero-order chi connectivity index (χ0) is 21.6. The van der Waals surface area contributed by atoms with Crippen molar-refractivity contribution in [2.45, 2.75) is 44.8 Å². The van der Waals surface area contributed by atoms with Crippen LogP contribution >= 0.6 is 11.6 Å². The number of aromatic nitrogens is 5. The topological polar surface area (TPSA) is 111 Å². The second-order valence-corrected chi connectivity index (χ2v) is 7.31. The summed E-state index contributed by atoms with van der Waals surface area (Å²) >= 11 is 6.28. The standard InChI is InChI=1S/C16H21ClF3N9/c1-5-28-8-23-13(27-28)14(2,3)29-7-10(11(17)26-29)16(21)24-6-9(15(18,19)20)12(22-4)25-16/h6-8,22,25H,5,21H2,1-4H3. The van der Waals surface area contributed by atoms with Crippen molar-refractivity contribution >= 4 is 17.8 Å². The highest BCUT2D eigenvalue weighted by molar-refractivity contribution is 6.30. The number of nitrogens with two attached hydrogens (primary N) is 1. The number of allylic oxidation sites excluding steroid dienone is 1. The number of aryl methyl sites for hydroxylation is 1. The fourth-order valence-electron chi connectivity index (χ4n) is 2.79. The van der Waals surface area contributed by atoms with Gasteiger partial charge in [-0.15, -0.1) is 0 Å². The Balaban J connectivity index is 1.99. The van der Waals surface area contributed by atoms with Gasteiger partial charge in [-0.3, -0.25) is 15.1 Å². The minimum absolute atomic E-state index is 0.00828. The molecule has 1 unspecified atom stereocenters. The van der Waals surface area contributed by atoms with Crippen LogP contribution < -0.4 is 16.4 Å². The Morgan fingerprint density at radius 2 is 2.00 bits per heavy atom. The third kappa shape index (κ3) is 3.69. The van der Waals surface area contributed by atoms with Gasteiger partial charge in [0.2, 0.25) is 5.79 Å². The van der Waals surface area contributed by atoms with Gasteiger partial charge in [-0.1, -0.05) is 11.6 Å². The maximum atomic E-state index is 13.2. The van der Waals surface area contributed by atoms with Crippen LogP contribution in [-0.2, 0) is 17.9 Å². The van der Waals surface area contributed by atoms with E-state index in [2.05, 4.69) is 30.8 Å². The monoisotopic (exact) mass is 431 g/mol. The van der Waals surface area contributed by atoms with Gasteiger partial charge in [0.15, 0.2) is 11.0 Å². The van der Waals surface area contributed by atoms with Gasteiger partial charge >= 0.3 is 6.18 Å². The van der Waals surface area contributed by atoms with E-state index in [1.165, 1.54) is 17.9 Å². The van der Waals surface area contributed by atoms with Gasteiger partial charge in [-0.2, -0.15) is 23.4 Å². The number of hydrogen-bond acceptors (Lipinski definition) is 7. The Morgan fingerprint density at radius 1 is 1.31 bits per heavy atom. The van der Waals surface area contributed by atoms with Gasteiger partial charge in [0.05, 0.1) is 5.56 Å². The van der Waals surface area contributed by atoms with Gasteiger partial charge in [0, 0.05) is 26.0 Å². The van der Waals surface area contributed by atoms with Crippen molar-refractivity contribution in [1.29, 1.82) is 0 Å². The van der Waals surface area contributed by atoms with Crippen LogP contribution in [0, 0.1) is 0 Å². The van der Waals surface area contributed by atoms with E-state index in [1.807, 2.05) is 20.8 Å². The summed E-state index contributed by atoms with van der Waals surface area (Å²) in [5, 5.41) is 13.7. The molecular formula is C16H21ClF3N9. The fourth-order valence-corrected chi connectivity index (χ4v) is 3.07. The van der Waals surface area contributed by atoms with Crippen molar-refractivity contribution in [2.24, 2.45) is 10.7 Å². The van der Waals surface area contributed by atoms with E-state index in [9.17, 15) is 13.2 Å². The predicted molar refractivity (Wildman–Crippen MR) is 101 cm³/mol. The van der Waals surface area contributed by atoms with E-state index < -0.39 is 23.1 Å². The molecule has 29 heavy (non-hydrogen) atoms. The number of nitrogens with zero attached hydrogens (tertiary/aromatic N) is 6. The number of halogens is 4. The summed E-state index contributed by atoms with van der Waals surface area (Å²) in [4.78, 5) is 8.17. The molecule has 0 spiro atoms. The summed E-state index contributed by atoms with van der Waals surface area (Å²) in [6.07, 6.45) is -0.810. The third-order valence-electron chi connectivity index (χ3n) is 4.60. The number of rotatable bonds is 5. The molecule has 4 N–H and O–H groups in total.